The number of nitrogens with zero attached hydrogens (tertiary/aromatic N) is 2. The van der Waals surface area contributed by atoms with E-state index in [0.717, 1.165) is 33.2 Å². The molecule has 7 N–H and O–H groups in total. The standard InChI is InChI=1S/C30H36N4O4.C25H33N5O4/c1-30(2,3)16-26(28(36)33-20(17-31)15-19-9-8-14-32-27(19)35)34-29(37)38-18-25-23-12-6-4-10-21(23)22-11-5-7-13-24(22)25;1-25(2,3)13-20(24(33)28-16(14-26)11-15-7-6-10-27-22(15)31)30-23(32)19-12-17-18(29-19)8-5-9-21(17)34-4/h4-7,10-13,19-20,25-26H,8-9,14-16,18H2,1-3H3,(H,32,35)(H,33,36)(H,34,37);5,8-9,12,15-16,20,29H,6-7,10-11,13H2,1-4H3,(H,27,31)(H,28,33)(H,30,32)/t19-,20-,26-;15-,16-,20-/m00/s1/i14D2;10D2. The van der Waals surface area contributed by atoms with E-state index < -0.39 is 84.6 Å². The molecule has 72 heavy (non-hydrogen) atoms. The Bertz CT molecular complexity index is 2840. The lowest BCUT2D eigenvalue weighted by Gasteiger charge is -2.28. The van der Waals surface area contributed by atoms with E-state index >= 15 is 0 Å². The maximum Gasteiger partial charge on any atom is 0.407 e. The van der Waals surface area contributed by atoms with Crippen molar-refractivity contribution < 1.29 is 43.7 Å². The molecule has 2 fully saturated rings. The third-order valence-electron chi connectivity index (χ3n) is 12.7. The molecule has 6 atom stereocenters. The van der Waals surface area contributed by atoms with Crippen LogP contribution in [0.25, 0.3) is 22.0 Å². The molecule has 382 valence electrons. The van der Waals surface area contributed by atoms with Gasteiger partial charge in [-0.1, -0.05) is 96.1 Å². The second kappa shape index (κ2) is 24.1. The van der Waals surface area contributed by atoms with Gasteiger partial charge < -0.3 is 46.4 Å². The van der Waals surface area contributed by atoms with Crippen LogP contribution >= 0.6 is 0 Å². The summed E-state index contributed by atoms with van der Waals surface area (Å²) in [7, 11) is 1.55. The molecule has 0 unspecified atom stereocenters. The summed E-state index contributed by atoms with van der Waals surface area (Å²) in [6.45, 7) is 8.20. The van der Waals surface area contributed by atoms with E-state index in [2.05, 4.69) is 49.0 Å². The number of hydrogen-bond donors (Lipinski definition) is 7. The molecule has 0 spiro atoms. The number of nitrogens with one attached hydrogen (secondary N) is 7. The van der Waals surface area contributed by atoms with Gasteiger partial charge in [0.25, 0.3) is 5.91 Å². The van der Waals surface area contributed by atoms with E-state index in [1.165, 1.54) is 0 Å². The minimum atomic E-state index is -1.77. The average Bonchev–Trinajstić information content (AvgIpc) is 3.93. The first-order chi connectivity index (χ1) is 35.7. The van der Waals surface area contributed by atoms with Crippen molar-refractivity contribution in [3.8, 4) is 29.0 Å². The SMILES string of the molecule is [2H]C1([2H])CC[C@@H](C[C@@H](C#N)NC(=O)[C@H](CC(C)(C)C)NC(=O)OCC2c3ccccc3-c3ccccc32)C(=O)N1.[2H]C1([2H])CC[C@@H](C[C@@H](C#N)NC(=O)[C@H](CC(C)(C)C)NC(=O)c2cc3c(OC)cccc3[nH]2)C(=O)N1. The number of piperidine rings is 2. The molecule has 4 aromatic rings. The summed E-state index contributed by atoms with van der Waals surface area (Å²) >= 11 is 0. The molecule has 3 heterocycles. The molecule has 17 nitrogen and oxygen atoms in total. The van der Waals surface area contributed by atoms with E-state index in [4.69, 9.17) is 15.0 Å². The fourth-order valence-corrected chi connectivity index (χ4v) is 9.20. The summed E-state index contributed by atoms with van der Waals surface area (Å²) < 4.78 is 41.7. The molecule has 2 aliphatic heterocycles. The molecule has 2 saturated heterocycles. The second-order valence-corrected chi connectivity index (χ2v) is 20.8. The number of ether oxygens (including phenoxy) is 2. The van der Waals surface area contributed by atoms with Crippen LogP contribution in [-0.2, 0) is 23.9 Å². The third kappa shape index (κ3) is 14.6. The van der Waals surface area contributed by atoms with Crippen LogP contribution < -0.4 is 36.6 Å². The van der Waals surface area contributed by atoms with E-state index in [1.807, 2.05) is 96.1 Å². The lowest BCUT2D eigenvalue weighted by atomic mass is 9.87. The number of fused-ring (bicyclic) bond motifs is 4. The number of aromatic nitrogens is 1. The van der Waals surface area contributed by atoms with Crippen molar-refractivity contribution in [2.24, 2.45) is 22.7 Å². The lowest BCUT2D eigenvalue weighted by Crippen LogP contribution is -2.51. The number of methoxy groups -OCH3 is 1. The summed E-state index contributed by atoms with van der Waals surface area (Å²) in [5.74, 6) is -3.18. The summed E-state index contributed by atoms with van der Waals surface area (Å²) in [5.41, 5.74) is 4.74. The Labute approximate surface area is 427 Å². The van der Waals surface area contributed by atoms with Crippen molar-refractivity contribution in [2.45, 2.75) is 123 Å². The number of amides is 6. The van der Waals surface area contributed by atoms with Crippen LogP contribution in [0, 0.1) is 45.3 Å². The highest BCUT2D eigenvalue weighted by Gasteiger charge is 2.34. The van der Waals surface area contributed by atoms with Crippen LogP contribution in [0.1, 0.15) is 126 Å². The number of rotatable bonds is 16. The molecule has 3 aliphatic rings. The van der Waals surface area contributed by atoms with Gasteiger partial charge in [0, 0.05) is 47.1 Å². The van der Waals surface area contributed by atoms with Gasteiger partial charge in [-0.25, -0.2) is 4.79 Å². The number of aromatic amines is 1. The van der Waals surface area contributed by atoms with Crippen LogP contribution in [0.15, 0.2) is 72.8 Å². The summed E-state index contributed by atoms with van der Waals surface area (Å²) in [6, 6.07) is 23.3. The topological polar surface area (TPSA) is 256 Å². The Hall–Kier alpha value is -7.40. The number of carbonyl (C=O) groups is 6. The van der Waals surface area contributed by atoms with Crippen molar-refractivity contribution in [1.29, 1.82) is 10.5 Å². The Morgan fingerprint density at radius 2 is 1.22 bits per heavy atom. The maximum atomic E-state index is 13.2. The van der Waals surface area contributed by atoms with Gasteiger partial charge >= 0.3 is 6.09 Å². The van der Waals surface area contributed by atoms with Crippen LogP contribution in [-0.4, -0.2) is 91.5 Å². The number of hydrogen-bond acceptors (Lipinski definition) is 10. The summed E-state index contributed by atoms with van der Waals surface area (Å²) in [5, 5.41) is 35.5. The predicted octanol–water partition coefficient (Wildman–Crippen LogP) is 6.89. The van der Waals surface area contributed by atoms with Crippen LogP contribution in [0.2, 0.25) is 0 Å². The van der Waals surface area contributed by atoms with Crippen molar-refractivity contribution in [3.05, 3.63) is 89.6 Å². The second-order valence-electron chi connectivity index (χ2n) is 20.8. The minimum Gasteiger partial charge on any atom is -0.496 e. The van der Waals surface area contributed by atoms with Gasteiger partial charge in [-0.05, 0) is 103 Å². The smallest absolute Gasteiger partial charge is 0.407 e. The van der Waals surface area contributed by atoms with Gasteiger partial charge in [0.1, 0.15) is 42.2 Å². The average molecular weight is 988 g/mol. The first-order valence-electron chi connectivity index (χ1n) is 26.3. The molecule has 0 bridgehead atoms. The molecule has 1 aliphatic carbocycles. The lowest BCUT2D eigenvalue weighted by molar-refractivity contribution is -0.128. The van der Waals surface area contributed by atoms with Crippen LogP contribution in [0.5, 0.6) is 5.75 Å². The van der Waals surface area contributed by atoms with Gasteiger partial charge in [-0.2, -0.15) is 10.5 Å². The Kier molecular flexibility index (Phi) is 16.2. The van der Waals surface area contributed by atoms with Gasteiger partial charge in [0.15, 0.2) is 0 Å². The molecule has 1 aromatic heterocycles. The largest absolute Gasteiger partial charge is 0.496 e. The van der Waals surface area contributed by atoms with Crippen LogP contribution in [0.3, 0.4) is 0 Å². The van der Waals surface area contributed by atoms with Crippen molar-refractivity contribution in [1.82, 2.24) is 36.9 Å². The molecule has 0 saturated carbocycles. The maximum absolute atomic E-state index is 13.2. The Morgan fingerprint density at radius 3 is 1.69 bits per heavy atom. The number of benzene rings is 3. The molecular formula is C55H69N9O8. The van der Waals surface area contributed by atoms with E-state index in [9.17, 15) is 39.3 Å². The van der Waals surface area contributed by atoms with Crippen molar-refractivity contribution >= 4 is 46.5 Å². The van der Waals surface area contributed by atoms with E-state index in [1.54, 1.807) is 25.3 Å². The fourth-order valence-electron chi connectivity index (χ4n) is 9.20. The molecule has 7 rings (SSSR count). The minimum absolute atomic E-state index is 0.0529. The summed E-state index contributed by atoms with van der Waals surface area (Å²) in [6.07, 6.45) is 0.809. The predicted molar refractivity (Wildman–Crippen MR) is 272 cm³/mol. The molecule has 17 heteroatoms. The molecular weight excluding hydrogens is 915 g/mol. The van der Waals surface area contributed by atoms with Gasteiger partial charge in [-0.3, -0.25) is 24.0 Å². The van der Waals surface area contributed by atoms with Crippen molar-refractivity contribution in [3.63, 3.8) is 0 Å². The third-order valence-corrected chi connectivity index (χ3v) is 12.7. The van der Waals surface area contributed by atoms with Gasteiger partial charge in [-0.15, -0.1) is 0 Å². The quantitative estimate of drug-likeness (QED) is 0.0612. The highest BCUT2D eigenvalue weighted by Crippen LogP contribution is 2.44. The molecule has 3 aromatic carbocycles. The number of alkyl carbamates (subject to hydrolysis) is 1. The van der Waals surface area contributed by atoms with Gasteiger partial charge in [0.05, 0.1) is 19.2 Å². The summed E-state index contributed by atoms with van der Waals surface area (Å²) in [4.78, 5) is 80.0. The fraction of sp³-hybridized carbons (Fsp3) is 0.491. The number of H-pyrrole nitrogens is 1. The highest BCUT2D eigenvalue weighted by atomic mass is 16.5. The molecule has 0 radical (unpaired) electrons. The van der Waals surface area contributed by atoms with E-state index in [0.29, 0.717) is 18.6 Å². The zero-order valence-electron chi connectivity index (χ0n) is 46.0. The van der Waals surface area contributed by atoms with Crippen molar-refractivity contribution in [2.75, 3.05) is 26.7 Å². The van der Waals surface area contributed by atoms with E-state index in [-0.39, 0.29) is 67.6 Å². The number of nitriles is 2. The zero-order chi connectivity index (χ0) is 55.8. The zero-order valence-corrected chi connectivity index (χ0v) is 42.0. The highest BCUT2D eigenvalue weighted by molar-refractivity contribution is 6.01. The molecule has 6 amide bonds. The Morgan fingerprint density at radius 1 is 0.722 bits per heavy atom. The van der Waals surface area contributed by atoms with Crippen LogP contribution in [0.4, 0.5) is 4.79 Å². The Balaban J connectivity index is 0.000000248. The normalized spacial score (nSPS) is 20.3. The van der Waals surface area contributed by atoms with Gasteiger partial charge in [0.2, 0.25) is 23.6 Å². The monoisotopic (exact) mass is 988 g/mol. The first-order valence-corrected chi connectivity index (χ1v) is 24.3. The first kappa shape index (κ1) is 48.2. The number of carbonyl (C=O) groups excluding carboxylic acids is 6.